The number of hydrogen-bond acceptors (Lipinski definition) is 6. The summed E-state index contributed by atoms with van der Waals surface area (Å²) in [5.74, 6) is -1.08. The topological polar surface area (TPSA) is 83.3 Å². The quantitative estimate of drug-likeness (QED) is 0.899. The third-order valence-electron chi connectivity index (χ3n) is 2.10. The van der Waals surface area contributed by atoms with E-state index in [9.17, 15) is 4.79 Å². The SMILES string of the molecule is C/C(=C\c1sc(-c2nccs2)nc1C(=O)O)CO. The number of thiazole rings is 2. The number of carboxylic acid groups (broad SMARTS) is 1. The first kappa shape index (κ1) is 12.9. The highest BCUT2D eigenvalue weighted by Gasteiger charge is 2.18. The molecule has 0 unspecified atom stereocenters. The Morgan fingerprint density at radius 1 is 1.50 bits per heavy atom. The molecule has 7 heteroatoms. The summed E-state index contributed by atoms with van der Waals surface area (Å²) in [4.78, 5) is 19.8. The summed E-state index contributed by atoms with van der Waals surface area (Å²) < 4.78 is 0. The van der Waals surface area contributed by atoms with Gasteiger partial charge in [-0.25, -0.2) is 14.8 Å². The highest BCUT2D eigenvalue weighted by molar-refractivity contribution is 7.21. The van der Waals surface area contributed by atoms with E-state index in [4.69, 9.17) is 10.2 Å². The molecule has 5 nitrogen and oxygen atoms in total. The summed E-state index contributed by atoms with van der Waals surface area (Å²) in [6, 6.07) is 0. The van der Waals surface area contributed by atoms with Crippen molar-refractivity contribution >= 4 is 34.7 Å². The molecule has 2 heterocycles. The Balaban J connectivity index is 2.48. The lowest BCUT2D eigenvalue weighted by molar-refractivity contribution is 0.0691. The van der Waals surface area contributed by atoms with Crippen molar-refractivity contribution in [3.63, 3.8) is 0 Å². The van der Waals surface area contributed by atoms with Gasteiger partial charge in [-0.2, -0.15) is 0 Å². The van der Waals surface area contributed by atoms with Crippen LogP contribution in [-0.2, 0) is 0 Å². The van der Waals surface area contributed by atoms with Gasteiger partial charge in [0.15, 0.2) is 15.7 Å². The van der Waals surface area contributed by atoms with E-state index in [2.05, 4.69) is 9.97 Å². The lowest BCUT2D eigenvalue weighted by atomic mass is 10.2. The summed E-state index contributed by atoms with van der Waals surface area (Å²) in [5.41, 5.74) is 0.685. The third kappa shape index (κ3) is 2.63. The Bertz CT molecular complexity index is 587. The van der Waals surface area contributed by atoms with Crippen LogP contribution in [0.3, 0.4) is 0 Å². The van der Waals surface area contributed by atoms with Gasteiger partial charge in [-0.05, 0) is 18.6 Å². The van der Waals surface area contributed by atoms with Crippen molar-refractivity contribution < 1.29 is 15.0 Å². The molecule has 0 bridgehead atoms. The van der Waals surface area contributed by atoms with Gasteiger partial charge in [0, 0.05) is 11.6 Å². The van der Waals surface area contributed by atoms with Gasteiger partial charge in [-0.15, -0.1) is 22.7 Å². The molecule has 2 rings (SSSR count). The van der Waals surface area contributed by atoms with E-state index in [-0.39, 0.29) is 12.3 Å². The van der Waals surface area contributed by atoms with Crippen molar-refractivity contribution in [1.29, 1.82) is 0 Å². The number of aromatic nitrogens is 2. The predicted molar refractivity (Wildman–Crippen MR) is 70.9 cm³/mol. The maximum absolute atomic E-state index is 11.1. The molecular formula is C11H10N2O3S2. The molecule has 0 aliphatic carbocycles. The normalized spacial score (nSPS) is 11.8. The van der Waals surface area contributed by atoms with Crippen molar-refractivity contribution in [3.05, 3.63) is 27.7 Å². The number of aliphatic hydroxyl groups excluding tert-OH is 1. The Morgan fingerprint density at radius 2 is 2.28 bits per heavy atom. The van der Waals surface area contributed by atoms with Gasteiger partial charge in [0.2, 0.25) is 0 Å². The monoisotopic (exact) mass is 282 g/mol. The fraction of sp³-hybridized carbons (Fsp3) is 0.182. The number of carboxylic acids is 1. The van der Waals surface area contributed by atoms with Crippen LogP contribution in [0.15, 0.2) is 17.2 Å². The molecule has 0 saturated heterocycles. The third-order valence-corrected chi connectivity index (χ3v) is 4.02. The first-order valence-corrected chi connectivity index (χ1v) is 6.73. The van der Waals surface area contributed by atoms with Gasteiger partial charge in [-0.1, -0.05) is 0 Å². The van der Waals surface area contributed by atoms with Crippen molar-refractivity contribution in [2.75, 3.05) is 6.61 Å². The zero-order chi connectivity index (χ0) is 13.1. The molecule has 94 valence electrons. The first-order valence-electron chi connectivity index (χ1n) is 5.04. The Labute approximate surface area is 111 Å². The molecule has 2 aromatic heterocycles. The molecule has 0 radical (unpaired) electrons. The summed E-state index contributed by atoms with van der Waals surface area (Å²) in [6.45, 7) is 1.62. The van der Waals surface area contributed by atoms with E-state index >= 15 is 0 Å². The molecule has 0 aliphatic rings. The second-order valence-corrected chi connectivity index (χ2v) is 5.45. The average Bonchev–Trinajstić information content (AvgIpc) is 2.96. The standard InChI is InChI=1S/C11H10N2O3S2/c1-6(5-14)4-7-8(11(15)16)13-10(18-7)9-12-2-3-17-9/h2-4,14H,5H2,1H3,(H,15,16)/b6-4+. The van der Waals surface area contributed by atoms with Crippen molar-refractivity contribution in [1.82, 2.24) is 9.97 Å². The number of carbonyl (C=O) groups is 1. The molecule has 0 aromatic carbocycles. The first-order chi connectivity index (χ1) is 8.61. The van der Waals surface area contributed by atoms with Gasteiger partial charge < -0.3 is 10.2 Å². The number of hydrogen-bond donors (Lipinski definition) is 2. The van der Waals surface area contributed by atoms with Crippen LogP contribution < -0.4 is 0 Å². The Morgan fingerprint density at radius 3 is 2.83 bits per heavy atom. The van der Waals surface area contributed by atoms with Crippen LogP contribution in [0.4, 0.5) is 0 Å². The lowest BCUT2D eigenvalue weighted by Gasteiger charge is -1.93. The highest BCUT2D eigenvalue weighted by Crippen LogP contribution is 2.30. The average molecular weight is 282 g/mol. The van der Waals surface area contributed by atoms with Gasteiger partial charge in [0.25, 0.3) is 0 Å². The summed E-state index contributed by atoms with van der Waals surface area (Å²) in [5, 5.41) is 21.2. The number of aliphatic hydroxyl groups is 1. The van der Waals surface area contributed by atoms with Gasteiger partial charge in [0.1, 0.15) is 0 Å². The summed E-state index contributed by atoms with van der Waals surface area (Å²) >= 11 is 2.67. The zero-order valence-electron chi connectivity index (χ0n) is 9.45. The minimum absolute atomic E-state index is 0.00185. The van der Waals surface area contributed by atoms with Crippen molar-refractivity contribution in [3.8, 4) is 10.0 Å². The molecule has 2 aromatic rings. The molecule has 0 amide bonds. The molecular weight excluding hydrogens is 272 g/mol. The lowest BCUT2D eigenvalue weighted by Crippen LogP contribution is -1.99. The molecule has 18 heavy (non-hydrogen) atoms. The minimum Gasteiger partial charge on any atom is -0.476 e. The smallest absolute Gasteiger partial charge is 0.356 e. The van der Waals surface area contributed by atoms with E-state index < -0.39 is 5.97 Å². The van der Waals surface area contributed by atoms with Crippen molar-refractivity contribution in [2.24, 2.45) is 0 Å². The van der Waals surface area contributed by atoms with E-state index in [0.717, 1.165) is 0 Å². The summed E-state index contributed by atoms with van der Waals surface area (Å²) in [6.07, 6.45) is 3.29. The zero-order valence-corrected chi connectivity index (χ0v) is 11.1. The van der Waals surface area contributed by atoms with Crippen LogP contribution in [0.2, 0.25) is 0 Å². The maximum Gasteiger partial charge on any atom is 0.356 e. The fourth-order valence-electron chi connectivity index (χ4n) is 1.27. The Hall–Kier alpha value is -1.57. The number of rotatable bonds is 4. The Kier molecular flexibility index (Phi) is 3.85. The van der Waals surface area contributed by atoms with Crippen LogP contribution >= 0.6 is 22.7 Å². The van der Waals surface area contributed by atoms with E-state index in [1.807, 2.05) is 5.38 Å². The molecule has 0 spiro atoms. The second-order valence-electron chi connectivity index (χ2n) is 3.52. The molecule has 0 aliphatic heterocycles. The van der Waals surface area contributed by atoms with E-state index in [1.165, 1.54) is 22.7 Å². The van der Waals surface area contributed by atoms with Gasteiger partial charge in [0.05, 0.1) is 11.5 Å². The molecule has 2 N–H and O–H groups in total. The molecule has 0 atom stereocenters. The van der Waals surface area contributed by atoms with Gasteiger partial charge >= 0.3 is 5.97 Å². The summed E-state index contributed by atoms with van der Waals surface area (Å²) in [7, 11) is 0. The largest absolute Gasteiger partial charge is 0.476 e. The van der Waals surface area contributed by atoms with Gasteiger partial charge in [-0.3, -0.25) is 0 Å². The van der Waals surface area contributed by atoms with Crippen LogP contribution in [0.25, 0.3) is 16.1 Å². The van der Waals surface area contributed by atoms with Crippen LogP contribution in [0.1, 0.15) is 22.3 Å². The van der Waals surface area contributed by atoms with E-state index in [0.29, 0.717) is 20.5 Å². The predicted octanol–water partition coefficient (Wildman–Crippen LogP) is 2.36. The highest BCUT2D eigenvalue weighted by atomic mass is 32.1. The fourth-order valence-corrected chi connectivity index (χ4v) is 3.04. The minimum atomic E-state index is -1.08. The number of nitrogens with zero attached hydrogens (tertiary/aromatic N) is 2. The van der Waals surface area contributed by atoms with Crippen LogP contribution in [0, 0.1) is 0 Å². The maximum atomic E-state index is 11.1. The van der Waals surface area contributed by atoms with Crippen LogP contribution in [-0.4, -0.2) is 32.8 Å². The molecule has 0 fully saturated rings. The second kappa shape index (κ2) is 5.38. The van der Waals surface area contributed by atoms with Crippen LogP contribution in [0.5, 0.6) is 0 Å². The van der Waals surface area contributed by atoms with E-state index in [1.54, 1.807) is 19.2 Å². The molecule has 0 saturated carbocycles. The van der Waals surface area contributed by atoms with Crippen molar-refractivity contribution in [2.45, 2.75) is 6.92 Å². The number of aromatic carboxylic acids is 1.